The van der Waals surface area contributed by atoms with Crippen molar-refractivity contribution in [1.29, 1.82) is 0 Å². The van der Waals surface area contributed by atoms with Crippen LogP contribution in [0.3, 0.4) is 0 Å². The zero-order chi connectivity index (χ0) is 15.0. The van der Waals surface area contributed by atoms with E-state index in [0.29, 0.717) is 12.2 Å². The molecule has 3 aromatic rings. The van der Waals surface area contributed by atoms with E-state index in [9.17, 15) is 10.1 Å². The second kappa shape index (κ2) is 4.90. The SMILES string of the molecule is CCn1c(-c2ccc(N)cc2)nc2ccc([N+](=O)[O-])cc21. The Morgan fingerprint density at radius 3 is 2.57 bits per heavy atom. The van der Waals surface area contributed by atoms with Gasteiger partial charge in [-0.2, -0.15) is 0 Å². The molecule has 0 amide bonds. The number of aromatic nitrogens is 2. The third-order valence-electron chi connectivity index (χ3n) is 3.43. The number of non-ortho nitro benzene ring substituents is 1. The van der Waals surface area contributed by atoms with Crippen LogP contribution in [0, 0.1) is 10.1 Å². The van der Waals surface area contributed by atoms with E-state index in [1.165, 1.54) is 6.07 Å². The maximum absolute atomic E-state index is 10.9. The maximum atomic E-state index is 10.9. The van der Waals surface area contributed by atoms with Crippen molar-refractivity contribution in [2.75, 3.05) is 5.73 Å². The molecule has 0 unspecified atom stereocenters. The van der Waals surface area contributed by atoms with Gasteiger partial charge in [0.1, 0.15) is 5.82 Å². The summed E-state index contributed by atoms with van der Waals surface area (Å²) in [6.45, 7) is 2.66. The Balaban J connectivity index is 2.23. The molecule has 0 atom stereocenters. The van der Waals surface area contributed by atoms with Crippen LogP contribution in [-0.4, -0.2) is 14.5 Å². The smallest absolute Gasteiger partial charge is 0.271 e. The largest absolute Gasteiger partial charge is 0.399 e. The number of benzene rings is 2. The molecule has 0 aliphatic heterocycles. The van der Waals surface area contributed by atoms with Gasteiger partial charge in [0.25, 0.3) is 5.69 Å². The molecule has 0 fully saturated rings. The molecule has 6 nitrogen and oxygen atoms in total. The number of hydrogen-bond donors (Lipinski definition) is 1. The topological polar surface area (TPSA) is 87.0 Å². The van der Waals surface area contributed by atoms with Crippen molar-refractivity contribution in [2.45, 2.75) is 13.5 Å². The van der Waals surface area contributed by atoms with E-state index in [-0.39, 0.29) is 5.69 Å². The molecule has 0 saturated heterocycles. The molecule has 0 spiro atoms. The van der Waals surface area contributed by atoms with Gasteiger partial charge in [0.2, 0.25) is 0 Å². The third-order valence-corrected chi connectivity index (χ3v) is 3.43. The number of imidazole rings is 1. The number of nitro groups is 1. The maximum Gasteiger partial charge on any atom is 0.271 e. The summed E-state index contributed by atoms with van der Waals surface area (Å²) in [5.41, 5.74) is 8.90. The number of anilines is 1. The summed E-state index contributed by atoms with van der Waals surface area (Å²) in [5.74, 6) is 0.785. The highest BCUT2D eigenvalue weighted by molar-refractivity contribution is 5.82. The summed E-state index contributed by atoms with van der Waals surface area (Å²) in [6.07, 6.45) is 0. The van der Waals surface area contributed by atoms with Gasteiger partial charge in [0, 0.05) is 29.9 Å². The zero-order valence-corrected chi connectivity index (χ0v) is 11.5. The molecule has 0 radical (unpaired) electrons. The lowest BCUT2D eigenvalue weighted by molar-refractivity contribution is -0.384. The third kappa shape index (κ3) is 2.20. The number of nitro benzene ring substituents is 1. The molecular weight excluding hydrogens is 268 g/mol. The lowest BCUT2D eigenvalue weighted by Crippen LogP contribution is -1.98. The Hall–Kier alpha value is -2.89. The molecule has 1 heterocycles. The number of nitrogen functional groups attached to an aromatic ring is 1. The Kier molecular flexibility index (Phi) is 3.06. The number of nitrogens with zero attached hydrogens (tertiary/aromatic N) is 3. The van der Waals surface area contributed by atoms with Crippen LogP contribution in [0.25, 0.3) is 22.4 Å². The minimum atomic E-state index is -0.394. The van der Waals surface area contributed by atoms with Crippen molar-refractivity contribution in [1.82, 2.24) is 9.55 Å². The number of fused-ring (bicyclic) bond motifs is 1. The van der Waals surface area contributed by atoms with Gasteiger partial charge in [-0.1, -0.05) is 0 Å². The predicted molar refractivity (Wildman–Crippen MR) is 81.9 cm³/mol. The molecule has 0 bridgehead atoms. The molecule has 6 heteroatoms. The Labute approximate surface area is 121 Å². The lowest BCUT2D eigenvalue weighted by atomic mass is 10.2. The molecule has 106 valence electrons. The van der Waals surface area contributed by atoms with Gasteiger partial charge in [-0.05, 0) is 37.3 Å². The second-order valence-corrected chi connectivity index (χ2v) is 4.73. The van der Waals surface area contributed by atoms with Crippen LogP contribution in [0.1, 0.15) is 6.92 Å². The van der Waals surface area contributed by atoms with E-state index >= 15 is 0 Å². The first-order chi connectivity index (χ1) is 10.1. The molecule has 0 aliphatic carbocycles. The second-order valence-electron chi connectivity index (χ2n) is 4.73. The molecule has 1 aromatic heterocycles. The van der Waals surface area contributed by atoms with Crippen LogP contribution in [0.15, 0.2) is 42.5 Å². The van der Waals surface area contributed by atoms with E-state index in [0.717, 1.165) is 22.4 Å². The normalized spacial score (nSPS) is 10.9. The van der Waals surface area contributed by atoms with Crippen LogP contribution in [-0.2, 0) is 6.54 Å². The molecule has 21 heavy (non-hydrogen) atoms. The van der Waals surface area contributed by atoms with E-state index in [4.69, 9.17) is 5.73 Å². The van der Waals surface area contributed by atoms with Crippen LogP contribution in [0.4, 0.5) is 11.4 Å². The number of rotatable bonds is 3. The summed E-state index contributed by atoms with van der Waals surface area (Å²) >= 11 is 0. The quantitative estimate of drug-likeness (QED) is 0.454. The van der Waals surface area contributed by atoms with Crippen LogP contribution in [0.5, 0.6) is 0 Å². The first-order valence-corrected chi connectivity index (χ1v) is 6.60. The van der Waals surface area contributed by atoms with Gasteiger partial charge < -0.3 is 10.3 Å². The van der Waals surface area contributed by atoms with Gasteiger partial charge in [-0.25, -0.2) is 4.98 Å². The average Bonchev–Trinajstić information content (AvgIpc) is 2.85. The van der Waals surface area contributed by atoms with E-state index < -0.39 is 4.92 Å². The van der Waals surface area contributed by atoms with E-state index in [2.05, 4.69) is 4.98 Å². The van der Waals surface area contributed by atoms with Gasteiger partial charge in [-0.15, -0.1) is 0 Å². The van der Waals surface area contributed by atoms with Crippen molar-refractivity contribution in [3.8, 4) is 11.4 Å². The predicted octanol–water partition coefficient (Wildman–Crippen LogP) is 3.21. The van der Waals surface area contributed by atoms with Crippen molar-refractivity contribution < 1.29 is 4.92 Å². The van der Waals surface area contributed by atoms with E-state index in [1.807, 2.05) is 35.8 Å². The molecule has 0 saturated carbocycles. The fourth-order valence-electron chi connectivity index (χ4n) is 2.40. The van der Waals surface area contributed by atoms with Gasteiger partial charge in [0.05, 0.1) is 16.0 Å². The Bertz CT molecular complexity index is 822. The molecule has 3 rings (SSSR count). The highest BCUT2D eigenvalue weighted by atomic mass is 16.6. The standard InChI is InChI=1S/C15H14N4O2/c1-2-18-14-9-12(19(20)21)7-8-13(14)17-15(18)10-3-5-11(16)6-4-10/h3-9H,2,16H2,1H3. The Morgan fingerprint density at radius 1 is 1.24 bits per heavy atom. The van der Waals surface area contributed by atoms with Crippen molar-refractivity contribution in [3.63, 3.8) is 0 Å². The minimum absolute atomic E-state index is 0.0703. The summed E-state index contributed by atoms with van der Waals surface area (Å²) < 4.78 is 1.97. The highest BCUT2D eigenvalue weighted by Crippen LogP contribution is 2.27. The fourth-order valence-corrected chi connectivity index (χ4v) is 2.40. The molecule has 2 aromatic carbocycles. The number of aryl methyl sites for hydroxylation is 1. The van der Waals surface area contributed by atoms with Crippen molar-refractivity contribution >= 4 is 22.4 Å². The van der Waals surface area contributed by atoms with Gasteiger partial charge >= 0.3 is 0 Å². The summed E-state index contributed by atoms with van der Waals surface area (Å²) in [4.78, 5) is 15.1. The zero-order valence-electron chi connectivity index (χ0n) is 11.5. The van der Waals surface area contributed by atoms with Crippen LogP contribution < -0.4 is 5.73 Å². The van der Waals surface area contributed by atoms with Crippen molar-refractivity contribution in [2.24, 2.45) is 0 Å². The number of nitrogens with two attached hydrogens (primary N) is 1. The first kappa shape index (κ1) is 13.1. The van der Waals surface area contributed by atoms with E-state index in [1.54, 1.807) is 12.1 Å². The highest BCUT2D eigenvalue weighted by Gasteiger charge is 2.15. The van der Waals surface area contributed by atoms with Crippen LogP contribution >= 0.6 is 0 Å². The van der Waals surface area contributed by atoms with Gasteiger partial charge in [0.15, 0.2) is 0 Å². The van der Waals surface area contributed by atoms with Gasteiger partial charge in [-0.3, -0.25) is 10.1 Å². The van der Waals surface area contributed by atoms with Crippen molar-refractivity contribution in [3.05, 3.63) is 52.6 Å². The summed E-state index contributed by atoms with van der Waals surface area (Å²) in [7, 11) is 0. The monoisotopic (exact) mass is 282 g/mol. The fraction of sp³-hybridized carbons (Fsp3) is 0.133. The number of hydrogen-bond acceptors (Lipinski definition) is 4. The molecular formula is C15H14N4O2. The minimum Gasteiger partial charge on any atom is -0.399 e. The first-order valence-electron chi connectivity index (χ1n) is 6.60. The summed E-state index contributed by atoms with van der Waals surface area (Å²) in [6, 6.07) is 12.2. The average molecular weight is 282 g/mol. The lowest BCUT2D eigenvalue weighted by Gasteiger charge is -2.06. The van der Waals surface area contributed by atoms with Crippen LogP contribution in [0.2, 0.25) is 0 Å². The Morgan fingerprint density at radius 2 is 1.95 bits per heavy atom. The summed E-state index contributed by atoms with van der Waals surface area (Å²) in [5, 5.41) is 10.9. The molecule has 0 aliphatic rings. The molecule has 2 N–H and O–H groups in total.